The van der Waals surface area contributed by atoms with E-state index in [0.717, 1.165) is 12.0 Å². The molecule has 0 amide bonds. The molecular formula is C12H14ClN5O. The summed E-state index contributed by atoms with van der Waals surface area (Å²) in [7, 11) is 0. The van der Waals surface area contributed by atoms with Crippen LogP contribution in [0.25, 0.3) is 11.4 Å². The summed E-state index contributed by atoms with van der Waals surface area (Å²) < 4.78 is 7.25. The minimum atomic E-state index is -0.231. The van der Waals surface area contributed by atoms with E-state index in [2.05, 4.69) is 22.4 Å². The van der Waals surface area contributed by atoms with E-state index < -0.39 is 0 Å². The van der Waals surface area contributed by atoms with Crippen molar-refractivity contribution < 1.29 is 4.74 Å². The Hall–Kier alpha value is -1.66. The Balaban J connectivity index is 2.09. The zero-order valence-electron chi connectivity index (χ0n) is 10.5. The molecule has 2 heterocycles. The van der Waals surface area contributed by atoms with Crippen LogP contribution in [0.15, 0.2) is 18.2 Å². The second-order valence-electron chi connectivity index (χ2n) is 4.95. The molecule has 1 atom stereocenters. The average molecular weight is 280 g/mol. The minimum Gasteiger partial charge on any atom is -0.398 e. The monoisotopic (exact) mass is 279 g/mol. The first-order valence-electron chi connectivity index (χ1n) is 6.02. The summed E-state index contributed by atoms with van der Waals surface area (Å²) >= 11 is 5.91. The summed E-state index contributed by atoms with van der Waals surface area (Å²) in [6.45, 7) is 3.39. The van der Waals surface area contributed by atoms with E-state index in [1.807, 2.05) is 6.07 Å². The number of nitrogen functional groups attached to an aromatic ring is 1. The third-order valence-corrected chi connectivity index (χ3v) is 3.67. The number of benzene rings is 1. The number of hydrogen-bond donors (Lipinski definition) is 1. The Labute approximate surface area is 115 Å². The van der Waals surface area contributed by atoms with Gasteiger partial charge < -0.3 is 10.5 Å². The van der Waals surface area contributed by atoms with Crippen LogP contribution < -0.4 is 5.73 Å². The smallest absolute Gasteiger partial charge is 0.184 e. The van der Waals surface area contributed by atoms with Gasteiger partial charge in [-0.05, 0) is 42.0 Å². The number of halogens is 1. The van der Waals surface area contributed by atoms with Crippen molar-refractivity contribution in [2.75, 3.05) is 18.9 Å². The largest absolute Gasteiger partial charge is 0.398 e. The fourth-order valence-corrected chi connectivity index (χ4v) is 2.46. The molecule has 1 aliphatic heterocycles. The summed E-state index contributed by atoms with van der Waals surface area (Å²) in [6.07, 6.45) is 0.874. The normalized spacial score (nSPS) is 22.8. The van der Waals surface area contributed by atoms with Crippen molar-refractivity contribution in [1.82, 2.24) is 20.2 Å². The Morgan fingerprint density at radius 3 is 3.00 bits per heavy atom. The molecule has 1 unspecified atom stereocenters. The van der Waals surface area contributed by atoms with Crippen LogP contribution in [0.2, 0.25) is 5.02 Å². The molecule has 1 aromatic carbocycles. The van der Waals surface area contributed by atoms with E-state index in [1.165, 1.54) is 0 Å². The fraction of sp³-hybridized carbons (Fsp3) is 0.417. The van der Waals surface area contributed by atoms with Crippen molar-refractivity contribution in [1.29, 1.82) is 0 Å². The molecule has 6 nitrogen and oxygen atoms in total. The van der Waals surface area contributed by atoms with Gasteiger partial charge in [0.05, 0.1) is 12.1 Å². The van der Waals surface area contributed by atoms with Crippen LogP contribution in [-0.2, 0) is 10.3 Å². The number of anilines is 1. The molecule has 1 fully saturated rings. The lowest BCUT2D eigenvalue weighted by atomic mass is 10.0. The Morgan fingerprint density at radius 2 is 2.32 bits per heavy atom. The van der Waals surface area contributed by atoms with Crippen molar-refractivity contribution in [2.45, 2.75) is 18.9 Å². The van der Waals surface area contributed by atoms with Crippen molar-refractivity contribution in [3.8, 4) is 11.4 Å². The van der Waals surface area contributed by atoms with Gasteiger partial charge in [-0.2, -0.15) is 0 Å². The van der Waals surface area contributed by atoms with Crippen LogP contribution in [0, 0.1) is 0 Å². The van der Waals surface area contributed by atoms with E-state index in [0.29, 0.717) is 29.7 Å². The Morgan fingerprint density at radius 1 is 1.47 bits per heavy atom. The maximum atomic E-state index is 6.00. The van der Waals surface area contributed by atoms with Gasteiger partial charge in [0.2, 0.25) is 0 Å². The summed E-state index contributed by atoms with van der Waals surface area (Å²) in [5.41, 5.74) is 7.11. The fourth-order valence-electron chi connectivity index (χ4n) is 2.28. The Bertz CT molecular complexity index is 606. The van der Waals surface area contributed by atoms with E-state index in [-0.39, 0.29) is 5.54 Å². The molecule has 1 aromatic heterocycles. The second-order valence-corrected chi connectivity index (χ2v) is 5.38. The molecule has 0 radical (unpaired) electrons. The van der Waals surface area contributed by atoms with Crippen LogP contribution in [0.1, 0.15) is 13.3 Å². The van der Waals surface area contributed by atoms with Crippen molar-refractivity contribution in [3.05, 3.63) is 23.2 Å². The standard InChI is InChI=1S/C12H14ClN5O/c1-12(4-5-19-7-12)18-11(15-16-17-18)9-3-2-8(13)6-10(9)14/h2-3,6H,4-5,7,14H2,1H3. The van der Waals surface area contributed by atoms with E-state index in [9.17, 15) is 0 Å². The van der Waals surface area contributed by atoms with Gasteiger partial charge in [0.15, 0.2) is 5.82 Å². The van der Waals surface area contributed by atoms with Crippen LogP contribution >= 0.6 is 11.6 Å². The highest BCUT2D eigenvalue weighted by molar-refractivity contribution is 6.31. The molecule has 0 aliphatic carbocycles. The van der Waals surface area contributed by atoms with E-state index >= 15 is 0 Å². The van der Waals surface area contributed by atoms with E-state index in [1.54, 1.807) is 16.8 Å². The van der Waals surface area contributed by atoms with Crippen LogP contribution in [0.5, 0.6) is 0 Å². The number of ether oxygens (including phenoxy) is 1. The van der Waals surface area contributed by atoms with Crippen LogP contribution in [0.4, 0.5) is 5.69 Å². The summed E-state index contributed by atoms with van der Waals surface area (Å²) in [4.78, 5) is 0. The summed E-state index contributed by atoms with van der Waals surface area (Å²) in [5, 5.41) is 12.6. The lowest BCUT2D eigenvalue weighted by molar-refractivity contribution is 0.155. The number of tetrazole rings is 1. The minimum absolute atomic E-state index is 0.231. The molecule has 0 spiro atoms. The zero-order chi connectivity index (χ0) is 13.5. The molecule has 2 aromatic rings. The second kappa shape index (κ2) is 4.47. The molecule has 0 saturated carbocycles. The van der Waals surface area contributed by atoms with Gasteiger partial charge in [-0.3, -0.25) is 0 Å². The third-order valence-electron chi connectivity index (χ3n) is 3.43. The van der Waals surface area contributed by atoms with Crippen LogP contribution in [0.3, 0.4) is 0 Å². The van der Waals surface area contributed by atoms with Gasteiger partial charge >= 0.3 is 0 Å². The SMILES string of the molecule is CC1(n2nnnc2-c2ccc(Cl)cc2N)CCOC1. The topological polar surface area (TPSA) is 78.9 Å². The average Bonchev–Trinajstić information content (AvgIpc) is 2.98. The number of nitrogens with zero attached hydrogens (tertiary/aromatic N) is 4. The zero-order valence-corrected chi connectivity index (χ0v) is 11.3. The molecule has 0 bridgehead atoms. The predicted molar refractivity (Wildman–Crippen MR) is 71.8 cm³/mol. The van der Waals surface area contributed by atoms with E-state index in [4.69, 9.17) is 22.1 Å². The summed E-state index contributed by atoms with van der Waals surface area (Å²) in [5.74, 6) is 0.641. The highest BCUT2D eigenvalue weighted by atomic mass is 35.5. The van der Waals surface area contributed by atoms with Gasteiger partial charge in [-0.15, -0.1) is 5.10 Å². The van der Waals surface area contributed by atoms with Gasteiger partial charge in [0, 0.05) is 22.9 Å². The highest BCUT2D eigenvalue weighted by Gasteiger charge is 2.35. The maximum absolute atomic E-state index is 6.00. The first-order chi connectivity index (χ1) is 9.10. The predicted octanol–water partition coefficient (Wildman–Crippen LogP) is 1.71. The van der Waals surface area contributed by atoms with Gasteiger partial charge in [0.1, 0.15) is 0 Å². The van der Waals surface area contributed by atoms with Gasteiger partial charge in [0.25, 0.3) is 0 Å². The van der Waals surface area contributed by atoms with Crippen molar-refractivity contribution in [2.24, 2.45) is 0 Å². The quantitative estimate of drug-likeness (QED) is 0.847. The number of rotatable bonds is 2. The molecule has 100 valence electrons. The number of hydrogen-bond acceptors (Lipinski definition) is 5. The van der Waals surface area contributed by atoms with Gasteiger partial charge in [-0.25, -0.2) is 4.68 Å². The van der Waals surface area contributed by atoms with Crippen molar-refractivity contribution >= 4 is 17.3 Å². The maximum Gasteiger partial charge on any atom is 0.184 e. The molecule has 2 N–H and O–H groups in total. The van der Waals surface area contributed by atoms with Gasteiger partial charge in [-0.1, -0.05) is 11.6 Å². The molecule has 19 heavy (non-hydrogen) atoms. The first-order valence-corrected chi connectivity index (χ1v) is 6.40. The lowest BCUT2D eigenvalue weighted by Gasteiger charge is -2.23. The highest BCUT2D eigenvalue weighted by Crippen LogP contribution is 2.32. The number of nitrogens with two attached hydrogens (primary N) is 1. The molecular weight excluding hydrogens is 266 g/mol. The molecule has 7 heteroatoms. The molecule has 1 aliphatic rings. The number of aromatic nitrogens is 4. The first kappa shape index (κ1) is 12.4. The van der Waals surface area contributed by atoms with Crippen LogP contribution in [-0.4, -0.2) is 33.4 Å². The molecule has 1 saturated heterocycles. The Kier molecular flexibility index (Phi) is 2.91. The lowest BCUT2D eigenvalue weighted by Crippen LogP contribution is -2.32. The van der Waals surface area contributed by atoms with Crippen molar-refractivity contribution in [3.63, 3.8) is 0 Å². The summed E-state index contributed by atoms with van der Waals surface area (Å²) in [6, 6.07) is 5.31. The third kappa shape index (κ3) is 2.06. The molecule has 3 rings (SSSR count).